The molecule has 2 rings (SSSR count). The minimum absolute atomic E-state index is 0.324. The van der Waals surface area contributed by atoms with Crippen molar-refractivity contribution in [2.24, 2.45) is 0 Å². The molecule has 0 bridgehead atoms. The lowest BCUT2D eigenvalue weighted by Crippen LogP contribution is -2.12. The summed E-state index contributed by atoms with van der Waals surface area (Å²) in [4.78, 5) is 4.46. The molecule has 1 aromatic rings. The van der Waals surface area contributed by atoms with Gasteiger partial charge in [0.25, 0.3) is 0 Å². The van der Waals surface area contributed by atoms with Crippen LogP contribution in [0.1, 0.15) is 42.8 Å². The van der Waals surface area contributed by atoms with E-state index in [9.17, 15) is 5.11 Å². The molecule has 1 aromatic heterocycles. The highest BCUT2D eigenvalue weighted by molar-refractivity contribution is 5.27. The zero-order valence-corrected chi connectivity index (χ0v) is 7.95. The fraction of sp³-hybridized carbons (Fsp3) is 0.545. The molecule has 13 heavy (non-hydrogen) atoms. The smallest absolute Gasteiger partial charge is 0.0962 e. The summed E-state index contributed by atoms with van der Waals surface area (Å²) in [6.45, 7) is 2.09. The Kier molecular flexibility index (Phi) is 2.32. The van der Waals surface area contributed by atoms with Crippen molar-refractivity contribution in [2.75, 3.05) is 0 Å². The summed E-state index contributed by atoms with van der Waals surface area (Å²) in [5.41, 5.74) is 3.24. The first-order valence-electron chi connectivity index (χ1n) is 4.98. The quantitative estimate of drug-likeness (QED) is 0.711. The number of aryl methyl sites for hydroxylation is 2. The standard InChI is InChI=1S/C11H15NO/c1-2-9-7-6-8-4-3-5-10(13)11(8)12-9/h6-7,10,13H,2-5H2,1H3. The minimum Gasteiger partial charge on any atom is -0.387 e. The number of fused-ring (bicyclic) bond motifs is 1. The summed E-state index contributed by atoms with van der Waals surface area (Å²) in [6.07, 6.45) is 3.65. The van der Waals surface area contributed by atoms with Crippen LogP contribution in [-0.4, -0.2) is 10.1 Å². The molecule has 0 saturated heterocycles. The monoisotopic (exact) mass is 177 g/mol. The first-order chi connectivity index (χ1) is 6.31. The molecule has 70 valence electrons. The molecule has 0 saturated carbocycles. The second-order valence-corrected chi connectivity index (χ2v) is 3.61. The lowest BCUT2D eigenvalue weighted by atomic mass is 9.93. The van der Waals surface area contributed by atoms with Crippen molar-refractivity contribution in [1.29, 1.82) is 0 Å². The van der Waals surface area contributed by atoms with Crippen molar-refractivity contribution in [1.82, 2.24) is 4.98 Å². The van der Waals surface area contributed by atoms with Gasteiger partial charge in [0, 0.05) is 5.69 Å². The number of aromatic nitrogens is 1. The van der Waals surface area contributed by atoms with Gasteiger partial charge < -0.3 is 5.11 Å². The molecule has 0 aromatic carbocycles. The van der Waals surface area contributed by atoms with E-state index in [0.29, 0.717) is 0 Å². The van der Waals surface area contributed by atoms with E-state index >= 15 is 0 Å². The van der Waals surface area contributed by atoms with E-state index in [0.717, 1.165) is 37.1 Å². The molecule has 0 amide bonds. The largest absolute Gasteiger partial charge is 0.387 e. The Bertz CT molecular complexity index is 309. The van der Waals surface area contributed by atoms with Gasteiger partial charge in [-0.3, -0.25) is 4.98 Å². The predicted octanol–water partition coefficient (Wildman–Crippen LogP) is 2.01. The highest BCUT2D eigenvalue weighted by Crippen LogP contribution is 2.27. The average molecular weight is 177 g/mol. The van der Waals surface area contributed by atoms with E-state index < -0.39 is 0 Å². The molecular weight excluding hydrogens is 162 g/mol. The zero-order chi connectivity index (χ0) is 9.26. The second-order valence-electron chi connectivity index (χ2n) is 3.61. The molecule has 1 aliphatic rings. The molecular formula is C11H15NO. The maximum Gasteiger partial charge on any atom is 0.0962 e. The van der Waals surface area contributed by atoms with Crippen LogP contribution in [0, 0.1) is 0 Å². The van der Waals surface area contributed by atoms with Gasteiger partial charge >= 0.3 is 0 Å². The number of rotatable bonds is 1. The maximum absolute atomic E-state index is 9.72. The van der Waals surface area contributed by atoms with Crippen LogP contribution in [0.2, 0.25) is 0 Å². The number of hydrogen-bond donors (Lipinski definition) is 1. The second kappa shape index (κ2) is 3.46. The number of pyridine rings is 1. The van der Waals surface area contributed by atoms with Gasteiger partial charge in [-0.15, -0.1) is 0 Å². The molecule has 1 aliphatic carbocycles. The Balaban J connectivity index is 2.41. The van der Waals surface area contributed by atoms with Crippen molar-refractivity contribution >= 4 is 0 Å². The number of aliphatic hydroxyl groups is 1. The molecule has 0 aliphatic heterocycles. The Morgan fingerprint density at radius 2 is 2.38 bits per heavy atom. The molecule has 1 unspecified atom stereocenters. The SMILES string of the molecule is CCc1ccc2c(n1)C(O)CCC2. The Hall–Kier alpha value is -0.890. The third-order valence-corrected chi connectivity index (χ3v) is 2.67. The Morgan fingerprint density at radius 1 is 1.54 bits per heavy atom. The van der Waals surface area contributed by atoms with E-state index in [-0.39, 0.29) is 6.10 Å². The normalized spacial score (nSPS) is 21.2. The average Bonchev–Trinajstić information content (AvgIpc) is 2.18. The van der Waals surface area contributed by atoms with Crippen LogP contribution < -0.4 is 0 Å². The summed E-state index contributed by atoms with van der Waals surface area (Å²) in [5.74, 6) is 0. The van der Waals surface area contributed by atoms with Crippen LogP contribution in [0.5, 0.6) is 0 Å². The molecule has 2 nitrogen and oxygen atoms in total. The third-order valence-electron chi connectivity index (χ3n) is 2.67. The summed E-state index contributed by atoms with van der Waals surface area (Å²) >= 11 is 0. The lowest BCUT2D eigenvalue weighted by molar-refractivity contribution is 0.151. The first kappa shape index (κ1) is 8.70. The van der Waals surface area contributed by atoms with Crippen LogP contribution in [0.3, 0.4) is 0 Å². The van der Waals surface area contributed by atoms with Crippen molar-refractivity contribution in [3.8, 4) is 0 Å². The topological polar surface area (TPSA) is 33.1 Å². The van der Waals surface area contributed by atoms with E-state index in [4.69, 9.17) is 0 Å². The van der Waals surface area contributed by atoms with Crippen molar-refractivity contribution in [3.05, 3.63) is 29.1 Å². The van der Waals surface area contributed by atoms with Gasteiger partial charge in [0.2, 0.25) is 0 Å². The molecule has 0 fully saturated rings. The number of hydrogen-bond acceptors (Lipinski definition) is 2. The predicted molar refractivity (Wildman–Crippen MR) is 51.5 cm³/mol. The van der Waals surface area contributed by atoms with Crippen LogP contribution >= 0.6 is 0 Å². The van der Waals surface area contributed by atoms with E-state index in [1.807, 2.05) is 0 Å². The van der Waals surface area contributed by atoms with Crippen molar-refractivity contribution in [2.45, 2.75) is 38.7 Å². The summed E-state index contributed by atoms with van der Waals surface area (Å²) in [5, 5.41) is 9.72. The van der Waals surface area contributed by atoms with Gasteiger partial charge in [0.15, 0.2) is 0 Å². The van der Waals surface area contributed by atoms with E-state index in [1.165, 1.54) is 5.56 Å². The summed E-state index contributed by atoms with van der Waals surface area (Å²) in [6, 6.07) is 4.18. The molecule has 0 spiro atoms. The molecule has 1 N–H and O–H groups in total. The van der Waals surface area contributed by atoms with Crippen LogP contribution in [-0.2, 0) is 12.8 Å². The molecule has 2 heteroatoms. The Labute approximate surface area is 78.6 Å². The molecule has 0 radical (unpaired) electrons. The molecule has 1 heterocycles. The maximum atomic E-state index is 9.72. The van der Waals surface area contributed by atoms with Crippen LogP contribution in [0.15, 0.2) is 12.1 Å². The van der Waals surface area contributed by atoms with Gasteiger partial charge in [0.1, 0.15) is 0 Å². The van der Waals surface area contributed by atoms with Crippen molar-refractivity contribution < 1.29 is 5.11 Å². The van der Waals surface area contributed by atoms with E-state index in [2.05, 4.69) is 24.0 Å². The van der Waals surface area contributed by atoms with Crippen molar-refractivity contribution in [3.63, 3.8) is 0 Å². The highest BCUT2D eigenvalue weighted by Gasteiger charge is 2.19. The summed E-state index contributed by atoms with van der Waals surface area (Å²) < 4.78 is 0. The van der Waals surface area contributed by atoms with Gasteiger partial charge in [-0.1, -0.05) is 13.0 Å². The van der Waals surface area contributed by atoms with Gasteiger partial charge in [0.05, 0.1) is 11.8 Å². The molecule has 1 atom stereocenters. The van der Waals surface area contributed by atoms with Crippen LogP contribution in [0.4, 0.5) is 0 Å². The van der Waals surface area contributed by atoms with Crippen LogP contribution in [0.25, 0.3) is 0 Å². The van der Waals surface area contributed by atoms with Gasteiger partial charge in [-0.05, 0) is 37.3 Å². The first-order valence-corrected chi connectivity index (χ1v) is 4.98. The van der Waals surface area contributed by atoms with E-state index in [1.54, 1.807) is 0 Å². The number of nitrogens with zero attached hydrogens (tertiary/aromatic N) is 1. The van der Waals surface area contributed by atoms with Gasteiger partial charge in [-0.2, -0.15) is 0 Å². The highest BCUT2D eigenvalue weighted by atomic mass is 16.3. The van der Waals surface area contributed by atoms with Gasteiger partial charge in [-0.25, -0.2) is 0 Å². The zero-order valence-electron chi connectivity index (χ0n) is 7.95. The number of aliphatic hydroxyl groups excluding tert-OH is 1. The lowest BCUT2D eigenvalue weighted by Gasteiger charge is -2.20. The fourth-order valence-corrected chi connectivity index (χ4v) is 1.87. The fourth-order valence-electron chi connectivity index (χ4n) is 1.87. The Morgan fingerprint density at radius 3 is 3.15 bits per heavy atom. The minimum atomic E-state index is -0.324. The third kappa shape index (κ3) is 1.59. The summed E-state index contributed by atoms with van der Waals surface area (Å²) in [7, 11) is 0.